The zero-order valence-electron chi connectivity index (χ0n) is 16.0. The number of carbonyl (C=O) groups is 1. The number of aryl methyl sites for hydroxylation is 2. The number of aromatic nitrogens is 2. The number of amides is 1. The van der Waals surface area contributed by atoms with Gasteiger partial charge in [0.05, 0.1) is 29.8 Å². The average Bonchev–Trinajstić information content (AvgIpc) is 2.96. The van der Waals surface area contributed by atoms with Gasteiger partial charge < -0.3 is 5.32 Å². The third-order valence-corrected chi connectivity index (χ3v) is 4.31. The van der Waals surface area contributed by atoms with Crippen molar-refractivity contribution in [2.45, 2.75) is 20.8 Å². The Balaban J connectivity index is 1.61. The van der Waals surface area contributed by atoms with Gasteiger partial charge in [0.2, 0.25) is 0 Å². The summed E-state index contributed by atoms with van der Waals surface area (Å²) < 4.78 is 14.8. The number of carbonyl (C=O) groups excluding carboxylic acids is 1. The molecule has 2 N–H and O–H groups in total. The highest BCUT2D eigenvalue weighted by molar-refractivity contribution is 5.86. The third kappa shape index (κ3) is 4.62. The molecule has 6 nitrogen and oxygen atoms in total. The second-order valence-electron chi connectivity index (χ2n) is 6.49. The number of rotatable bonds is 6. The van der Waals surface area contributed by atoms with Crippen molar-refractivity contribution in [2.24, 2.45) is 5.10 Å². The van der Waals surface area contributed by atoms with E-state index in [9.17, 15) is 9.18 Å². The van der Waals surface area contributed by atoms with Crippen molar-refractivity contribution in [3.8, 4) is 5.69 Å². The molecule has 3 aromatic rings. The summed E-state index contributed by atoms with van der Waals surface area (Å²) in [6, 6.07) is 13.9. The number of benzene rings is 2. The lowest BCUT2D eigenvalue weighted by molar-refractivity contribution is -0.119. The highest BCUT2D eigenvalue weighted by Crippen LogP contribution is 2.16. The van der Waals surface area contributed by atoms with Crippen LogP contribution in [0, 0.1) is 26.6 Å². The molecule has 0 aliphatic rings. The smallest absolute Gasteiger partial charge is 0.259 e. The van der Waals surface area contributed by atoms with Gasteiger partial charge in [0.25, 0.3) is 5.91 Å². The van der Waals surface area contributed by atoms with E-state index in [4.69, 9.17) is 0 Å². The van der Waals surface area contributed by atoms with Crippen LogP contribution in [0.5, 0.6) is 0 Å². The molecule has 28 heavy (non-hydrogen) atoms. The van der Waals surface area contributed by atoms with Gasteiger partial charge in [0.1, 0.15) is 5.82 Å². The summed E-state index contributed by atoms with van der Waals surface area (Å²) in [6.45, 7) is 5.88. The van der Waals surface area contributed by atoms with Gasteiger partial charge in [-0.05, 0) is 57.2 Å². The SMILES string of the molecule is Cc1ccc(NCC(=O)N/N=C\c2c(C)nn(-c3ccc(F)cc3)c2C)cc1. The van der Waals surface area contributed by atoms with E-state index in [1.54, 1.807) is 23.0 Å². The highest BCUT2D eigenvalue weighted by atomic mass is 19.1. The summed E-state index contributed by atoms with van der Waals surface area (Å²) in [5.74, 6) is -0.549. The molecular weight excluding hydrogens is 357 g/mol. The number of nitrogens with one attached hydrogen (secondary N) is 2. The maximum absolute atomic E-state index is 13.1. The normalized spacial score (nSPS) is 11.0. The maximum Gasteiger partial charge on any atom is 0.259 e. The van der Waals surface area contributed by atoms with Gasteiger partial charge in [-0.2, -0.15) is 10.2 Å². The van der Waals surface area contributed by atoms with Crippen molar-refractivity contribution in [1.29, 1.82) is 0 Å². The van der Waals surface area contributed by atoms with E-state index < -0.39 is 0 Å². The number of halogens is 1. The van der Waals surface area contributed by atoms with E-state index in [1.807, 2.05) is 45.0 Å². The van der Waals surface area contributed by atoms with Gasteiger partial charge in [0, 0.05) is 11.3 Å². The minimum atomic E-state index is -0.297. The minimum Gasteiger partial charge on any atom is -0.376 e. The van der Waals surface area contributed by atoms with Gasteiger partial charge >= 0.3 is 0 Å². The molecule has 1 amide bonds. The Bertz CT molecular complexity index is 991. The quantitative estimate of drug-likeness (QED) is 0.509. The van der Waals surface area contributed by atoms with Crippen LogP contribution < -0.4 is 10.7 Å². The van der Waals surface area contributed by atoms with E-state index >= 15 is 0 Å². The fourth-order valence-corrected chi connectivity index (χ4v) is 2.74. The molecule has 7 heteroatoms. The number of hydrogen-bond donors (Lipinski definition) is 2. The Morgan fingerprint density at radius 1 is 1.11 bits per heavy atom. The van der Waals surface area contributed by atoms with Crippen LogP contribution in [0.15, 0.2) is 53.6 Å². The largest absolute Gasteiger partial charge is 0.376 e. The second-order valence-corrected chi connectivity index (χ2v) is 6.49. The van der Waals surface area contributed by atoms with Gasteiger partial charge in [-0.15, -0.1) is 0 Å². The third-order valence-electron chi connectivity index (χ3n) is 4.31. The first-order valence-corrected chi connectivity index (χ1v) is 8.88. The summed E-state index contributed by atoms with van der Waals surface area (Å²) in [4.78, 5) is 12.0. The molecule has 0 aliphatic carbocycles. The number of nitrogens with zero attached hydrogens (tertiary/aromatic N) is 3. The van der Waals surface area contributed by atoms with Crippen molar-refractivity contribution in [1.82, 2.24) is 15.2 Å². The zero-order chi connectivity index (χ0) is 20.1. The predicted octanol–water partition coefficient (Wildman–Crippen LogP) is 3.50. The number of anilines is 1. The van der Waals surface area contributed by atoms with Crippen LogP contribution in [-0.4, -0.2) is 28.4 Å². The molecular formula is C21H22FN5O. The molecule has 0 spiro atoms. The van der Waals surface area contributed by atoms with Gasteiger partial charge in [-0.3, -0.25) is 4.79 Å². The molecule has 1 heterocycles. The average molecular weight is 379 g/mol. The Labute approximate surface area is 163 Å². The van der Waals surface area contributed by atoms with Crippen molar-refractivity contribution in [3.63, 3.8) is 0 Å². The second kappa shape index (κ2) is 8.47. The predicted molar refractivity (Wildman–Crippen MR) is 108 cm³/mol. The molecule has 0 atom stereocenters. The fraction of sp³-hybridized carbons (Fsp3) is 0.190. The molecule has 0 unspecified atom stereocenters. The topological polar surface area (TPSA) is 71.3 Å². The van der Waals surface area contributed by atoms with Crippen LogP contribution in [0.1, 0.15) is 22.5 Å². The highest BCUT2D eigenvalue weighted by Gasteiger charge is 2.11. The molecule has 2 aromatic carbocycles. The van der Waals surface area contributed by atoms with Gasteiger partial charge in [0.15, 0.2) is 0 Å². The van der Waals surface area contributed by atoms with Crippen molar-refractivity contribution >= 4 is 17.8 Å². The van der Waals surface area contributed by atoms with Crippen LogP contribution >= 0.6 is 0 Å². The number of hydrazone groups is 1. The molecule has 0 fully saturated rings. The van der Waals surface area contributed by atoms with Crippen LogP contribution in [0.4, 0.5) is 10.1 Å². The Hall–Kier alpha value is -3.48. The van der Waals surface area contributed by atoms with E-state index in [-0.39, 0.29) is 18.3 Å². The standard InChI is InChI=1S/C21H22FN5O/c1-14-4-8-18(9-5-14)23-13-21(28)25-24-12-20-15(2)26-27(16(20)3)19-10-6-17(22)7-11-19/h4-12,23H,13H2,1-3H3,(H,25,28)/b24-12-. The van der Waals surface area contributed by atoms with Crippen LogP contribution in [-0.2, 0) is 4.79 Å². The molecule has 0 radical (unpaired) electrons. The number of hydrogen-bond acceptors (Lipinski definition) is 4. The lowest BCUT2D eigenvalue weighted by Gasteiger charge is -2.05. The van der Waals surface area contributed by atoms with Crippen LogP contribution in [0.3, 0.4) is 0 Å². The molecule has 1 aromatic heterocycles. The summed E-state index contributed by atoms with van der Waals surface area (Å²) >= 11 is 0. The molecule has 0 bridgehead atoms. The van der Waals surface area contributed by atoms with Gasteiger partial charge in [-0.25, -0.2) is 14.5 Å². The first-order valence-electron chi connectivity index (χ1n) is 8.88. The van der Waals surface area contributed by atoms with E-state index in [2.05, 4.69) is 20.9 Å². The fourth-order valence-electron chi connectivity index (χ4n) is 2.74. The van der Waals surface area contributed by atoms with Crippen LogP contribution in [0.2, 0.25) is 0 Å². The monoisotopic (exact) mass is 379 g/mol. The van der Waals surface area contributed by atoms with E-state index in [1.165, 1.54) is 12.1 Å². The summed E-state index contributed by atoms with van der Waals surface area (Å²) in [5.41, 5.74) is 7.70. The lowest BCUT2D eigenvalue weighted by atomic mass is 10.2. The zero-order valence-corrected chi connectivity index (χ0v) is 16.0. The Morgan fingerprint density at radius 2 is 1.79 bits per heavy atom. The first-order chi connectivity index (χ1) is 13.4. The van der Waals surface area contributed by atoms with Crippen LogP contribution in [0.25, 0.3) is 5.69 Å². The minimum absolute atomic E-state index is 0.118. The maximum atomic E-state index is 13.1. The summed E-state index contributed by atoms with van der Waals surface area (Å²) in [6.07, 6.45) is 1.57. The van der Waals surface area contributed by atoms with E-state index in [0.29, 0.717) is 0 Å². The van der Waals surface area contributed by atoms with Crippen molar-refractivity contribution < 1.29 is 9.18 Å². The molecule has 3 rings (SSSR count). The summed E-state index contributed by atoms with van der Waals surface area (Å²) in [5, 5.41) is 11.5. The van der Waals surface area contributed by atoms with Gasteiger partial charge in [-0.1, -0.05) is 17.7 Å². The van der Waals surface area contributed by atoms with E-state index in [0.717, 1.165) is 33.9 Å². The first kappa shape index (κ1) is 19.3. The molecule has 0 aliphatic heterocycles. The van der Waals surface area contributed by atoms with Crippen molar-refractivity contribution in [3.05, 3.63) is 76.9 Å². The van der Waals surface area contributed by atoms with Crippen molar-refractivity contribution in [2.75, 3.05) is 11.9 Å². The summed E-state index contributed by atoms with van der Waals surface area (Å²) in [7, 11) is 0. The molecule has 0 saturated carbocycles. The molecule has 0 saturated heterocycles. The Kier molecular flexibility index (Phi) is 5.84. The lowest BCUT2D eigenvalue weighted by Crippen LogP contribution is -2.25. The Morgan fingerprint density at radius 3 is 2.46 bits per heavy atom. The molecule has 144 valence electrons.